The summed E-state index contributed by atoms with van der Waals surface area (Å²) in [6.07, 6.45) is -5.34. The van der Waals surface area contributed by atoms with Crippen LogP contribution >= 0.6 is 0 Å². The molecule has 0 spiro atoms. The minimum Gasteiger partial charge on any atom is -0.310 e. The molecule has 0 unspecified atom stereocenters. The summed E-state index contributed by atoms with van der Waals surface area (Å²) >= 11 is 0. The highest BCUT2D eigenvalue weighted by Crippen LogP contribution is 2.30. The van der Waals surface area contributed by atoms with Crippen molar-refractivity contribution in [2.24, 2.45) is 0 Å². The van der Waals surface area contributed by atoms with Gasteiger partial charge in [0.05, 0.1) is 24.2 Å². The molecule has 0 aliphatic heterocycles. The lowest BCUT2D eigenvalue weighted by molar-refractivity contribution is -0.138. The SMILES string of the molecule is Cc1c(C#N)c(NC(=O)CN(C)CCC(F)(F)F)n(-c2cccc(F)c2)c1C. The van der Waals surface area contributed by atoms with E-state index in [1.165, 1.54) is 30.1 Å². The van der Waals surface area contributed by atoms with Crippen molar-refractivity contribution in [3.8, 4) is 11.8 Å². The number of alkyl halides is 3. The Hall–Kier alpha value is -2.86. The second kappa shape index (κ2) is 8.44. The van der Waals surface area contributed by atoms with Crippen molar-refractivity contribution in [1.82, 2.24) is 9.47 Å². The molecule has 1 aromatic carbocycles. The Morgan fingerprint density at radius 3 is 2.57 bits per heavy atom. The highest BCUT2D eigenvalue weighted by molar-refractivity contribution is 5.93. The van der Waals surface area contributed by atoms with Gasteiger partial charge in [0.15, 0.2) is 0 Å². The van der Waals surface area contributed by atoms with Crippen LogP contribution in [-0.4, -0.2) is 41.7 Å². The number of carbonyl (C=O) groups is 1. The Labute approximate surface area is 160 Å². The minimum absolute atomic E-state index is 0.164. The quantitative estimate of drug-likeness (QED) is 0.753. The number of rotatable bonds is 6. The zero-order valence-electron chi connectivity index (χ0n) is 15.7. The molecular weight excluding hydrogens is 376 g/mol. The third-order valence-corrected chi connectivity index (χ3v) is 4.34. The largest absolute Gasteiger partial charge is 0.390 e. The van der Waals surface area contributed by atoms with Crippen molar-refractivity contribution in [3.05, 3.63) is 46.9 Å². The first kappa shape index (κ1) is 21.4. The van der Waals surface area contributed by atoms with Gasteiger partial charge in [0.2, 0.25) is 5.91 Å². The van der Waals surface area contributed by atoms with Crippen molar-refractivity contribution in [1.29, 1.82) is 5.26 Å². The number of likely N-dealkylation sites (N-methyl/N-ethyl adjacent to an activating group) is 1. The molecule has 1 amide bonds. The number of aromatic nitrogens is 1. The zero-order chi connectivity index (χ0) is 21.1. The number of nitrogens with zero attached hydrogens (tertiary/aromatic N) is 3. The van der Waals surface area contributed by atoms with Gasteiger partial charge in [-0.1, -0.05) is 6.07 Å². The first-order valence-corrected chi connectivity index (χ1v) is 8.46. The smallest absolute Gasteiger partial charge is 0.310 e. The summed E-state index contributed by atoms with van der Waals surface area (Å²) in [5, 5.41) is 12.1. The Balaban J connectivity index is 2.29. The molecule has 9 heteroatoms. The summed E-state index contributed by atoms with van der Waals surface area (Å²) in [7, 11) is 1.40. The van der Waals surface area contributed by atoms with Crippen LogP contribution in [0.3, 0.4) is 0 Å². The van der Waals surface area contributed by atoms with E-state index >= 15 is 0 Å². The summed E-state index contributed by atoms with van der Waals surface area (Å²) in [6.45, 7) is 2.82. The van der Waals surface area contributed by atoms with Crippen LogP contribution in [0.2, 0.25) is 0 Å². The average Bonchev–Trinajstić information content (AvgIpc) is 2.82. The fourth-order valence-electron chi connectivity index (χ4n) is 2.81. The zero-order valence-corrected chi connectivity index (χ0v) is 15.7. The topological polar surface area (TPSA) is 61.1 Å². The van der Waals surface area contributed by atoms with Crippen LogP contribution < -0.4 is 5.32 Å². The second-order valence-electron chi connectivity index (χ2n) is 6.51. The van der Waals surface area contributed by atoms with Gasteiger partial charge < -0.3 is 5.32 Å². The lowest BCUT2D eigenvalue weighted by Gasteiger charge is -2.18. The van der Waals surface area contributed by atoms with Crippen LogP contribution in [0.25, 0.3) is 5.69 Å². The highest BCUT2D eigenvalue weighted by Gasteiger charge is 2.27. The van der Waals surface area contributed by atoms with E-state index in [1.54, 1.807) is 24.5 Å². The van der Waals surface area contributed by atoms with Gasteiger partial charge in [-0.25, -0.2) is 4.39 Å². The molecular formula is C19H20F4N4O. The molecule has 0 atom stereocenters. The predicted molar refractivity (Wildman–Crippen MR) is 96.7 cm³/mol. The van der Waals surface area contributed by atoms with Crippen molar-refractivity contribution in [2.75, 3.05) is 25.5 Å². The van der Waals surface area contributed by atoms with E-state index in [0.717, 1.165) is 0 Å². The molecule has 1 heterocycles. The summed E-state index contributed by atoms with van der Waals surface area (Å²) in [6, 6.07) is 7.68. The molecule has 1 N–H and O–H groups in total. The molecule has 0 aliphatic rings. The van der Waals surface area contributed by atoms with Gasteiger partial charge in [0.1, 0.15) is 17.7 Å². The molecule has 2 rings (SSSR count). The third kappa shape index (κ3) is 5.10. The predicted octanol–water partition coefficient (Wildman–Crippen LogP) is 3.93. The van der Waals surface area contributed by atoms with Gasteiger partial charge in [-0.2, -0.15) is 18.4 Å². The van der Waals surface area contributed by atoms with Crippen LogP contribution in [0, 0.1) is 31.0 Å². The average molecular weight is 396 g/mol. The summed E-state index contributed by atoms with van der Waals surface area (Å²) in [5.74, 6) is -0.889. The van der Waals surface area contributed by atoms with E-state index in [9.17, 15) is 27.6 Å². The lowest BCUT2D eigenvalue weighted by atomic mass is 10.2. The van der Waals surface area contributed by atoms with E-state index in [2.05, 4.69) is 5.32 Å². The number of amides is 1. The van der Waals surface area contributed by atoms with Gasteiger partial charge in [-0.3, -0.25) is 14.3 Å². The molecule has 150 valence electrons. The molecule has 2 aromatic rings. The first-order valence-electron chi connectivity index (χ1n) is 8.46. The number of benzene rings is 1. The number of anilines is 1. The van der Waals surface area contributed by atoms with Crippen LogP contribution in [0.1, 0.15) is 23.2 Å². The summed E-state index contributed by atoms with van der Waals surface area (Å²) in [5.41, 5.74) is 1.89. The van der Waals surface area contributed by atoms with Crippen LogP contribution in [0.15, 0.2) is 24.3 Å². The van der Waals surface area contributed by atoms with Crippen LogP contribution in [0.4, 0.5) is 23.4 Å². The fourth-order valence-corrected chi connectivity index (χ4v) is 2.81. The van der Waals surface area contributed by atoms with Crippen molar-refractivity contribution in [3.63, 3.8) is 0 Å². The molecule has 0 bridgehead atoms. The van der Waals surface area contributed by atoms with Crippen molar-refractivity contribution < 1.29 is 22.4 Å². The van der Waals surface area contributed by atoms with E-state index < -0.39 is 24.3 Å². The molecule has 1 aromatic heterocycles. The number of nitrogens with one attached hydrogen (secondary N) is 1. The molecule has 0 aliphatic carbocycles. The maximum atomic E-state index is 13.7. The Bertz CT molecular complexity index is 912. The highest BCUT2D eigenvalue weighted by atomic mass is 19.4. The molecule has 0 saturated carbocycles. The number of carbonyl (C=O) groups excluding carboxylic acids is 1. The van der Waals surface area contributed by atoms with E-state index in [-0.39, 0.29) is 24.5 Å². The summed E-state index contributed by atoms with van der Waals surface area (Å²) < 4.78 is 52.2. The monoisotopic (exact) mass is 396 g/mol. The Morgan fingerprint density at radius 2 is 2.00 bits per heavy atom. The Kier molecular flexibility index (Phi) is 6.46. The molecule has 28 heavy (non-hydrogen) atoms. The molecule has 0 fully saturated rings. The van der Waals surface area contributed by atoms with E-state index in [0.29, 0.717) is 16.9 Å². The first-order chi connectivity index (χ1) is 13.0. The molecule has 0 saturated heterocycles. The van der Waals surface area contributed by atoms with Gasteiger partial charge in [0.25, 0.3) is 0 Å². The van der Waals surface area contributed by atoms with Gasteiger partial charge in [-0.15, -0.1) is 0 Å². The van der Waals surface area contributed by atoms with Gasteiger partial charge in [-0.05, 0) is 44.7 Å². The van der Waals surface area contributed by atoms with Gasteiger partial charge in [0, 0.05) is 12.2 Å². The molecule has 0 radical (unpaired) electrons. The number of halogens is 4. The van der Waals surface area contributed by atoms with Crippen molar-refractivity contribution in [2.45, 2.75) is 26.4 Å². The van der Waals surface area contributed by atoms with E-state index in [4.69, 9.17) is 0 Å². The maximum absolute atomic E-state index is 13.7. The van der Waals surface area contributed by atoms with Crippen LogP contribution in [-0.2, 0) is 4.79 Å². The lowest BCUT2D eigenvalue weighted by Crippen LogP contribution is -2.33. The third-order valence-electron chi connectivity index (χ3n) is 4.34. The van der Waals surface area contributed by atoms with Crippen molar-refractivity contribution >= 4 is 11.7 Å². The number of hydrogen-bond acceptors (Lipinski definition) is 3. The summed E-state index contributed by atoms with van der Waals surface area (Å²) in [4.78, 5) is 13.6. The number of nitriles is 1. The Morgan fingerprint density at radius 1 is 1.32 bits per heavy atom. The maximum Gasteiger partial charge on any atom is 0.390 e. The normalized spacial score (nSPS) is 11.5. The second-order valence-corrected chi connectivity index (χ2v) is 6.51. The minimum atomic E-state index is -4.31. The van der Waals surface area contributed by atoms with Crippen LogP contribution in [0.5, 0.6) is 0 Å². The van der Waals surface area contributed by atoms with Gasteiger partial charge >= 0.3 is 6.18 Å². The standard InChI is InChI=1S/C19H20F4N4O/c1-12-13(2)27(15-6-4-5-14(20)9-15)18(16(12)10-24)25-17(28)11-26(3)8-7-19(21,22)23/h4-6,9H,7-8,11H2,1-3H3,(H,25,28). The van der Waals surface area contributed by atoms with E-state index in [1.807, 2.05) is 6.07 Å². The molecule has 5 nitrogen and oxygen atoms in total. The number of hydrogen-bond donors (Lipinski definition) is 1. The fraction of sp³-hybridized carbons (Fsp3) is 0.368.